The molecule has 6 nitrogen and oxygen atoms in total. The van der Waals surface area contributed by atoms with Crippen LogP contribution in [0.15, 0.2) is 48.8 Å². The maximum atomic E-state index is 12.2. The predicted octanol–water partition coefficient (Wildman–Crippen LogP) is 2.34. The zero-order valence-electron chi connectivity index (χ0n) is 13.7. The second-order valence-electron chi connectivity index (χ2n) is 5.33. The lowest BCUT2D eigenvalue weighted by Gasteiger charge is -2.13. The van der Waals surface area contributed by atoms with Crippen LogP contribution in [0, 0.1) is 0 Å². The third-order valence-corrected chi connectivity index (χ3v) is 3.30. The minimum Gasteiger partial charge on any atom is -0.489 e. The van der Waals surface area contributed by atoms with Crippen molar-refractivity contribution < 1.29 is 19.1 Å². The Bertz CT molecular complexity index is 688. The number of hydrogen-bond acceptors (Lipinski definition) is 5. The number of esters is 1. The standard InChI is InChI=1S/C18H20N2O4/c1-13(9-17(21)23-2)20-18(22)15-6-3-7-16(10-15)24-12-14-5-4-8-19-11-14/h3-8,10-11,13H,9,12H2,1-2H3,(H,20,22). The molecular formula is C18H20N2O4. The van der Waals surface area contributed by atoms with Crippen LogP contribution in [0.3, 0.4) is 0 Å². The van der Waals surface area contributed by atoms with Crippen molar-refractivity contribution in [2.24, 2.45) is 0 Å². The average molecular weight is 328 g/mol. The zero-order chi connectivity index (χ0) is 17.4. The molecule has 1 aromatic carbocycles. The van der Waals surface area contributed by atoms with Gasteiger partial charge in [0.25, 0.3) is 5.91 Å². The molecule has 1 aromatic heterocycles. The van der Waals surface area contributed by atoms with Crippen LogP contribution in [0.4, 0.5) is 0 Å². The van der Waals surface area contributed by atoms with Crippen molar-refractivity contribution in [1.82, 2.24) is 10.3 Å². The van der Waals surface area contributed by atoms with Gasteiger partial charge in [0.2, 0.25) is 0 Å². The Kier molecular flexibility index (Phi) is 6.31. The Hall–Kier alpha value is -2.89. The van der Waals surface area contributed by atoms with Gasteiger partial charge in [0.05, 0.1) is 13.5 Å². The lowest BCUT2D eigenvalue weighted by molar-refractivity contribution is -0.141. The van der Waals surface area contributed by atoms with Gasteiger partial charge < -0.3 is 14.8 Å². The normalized spacial score (nSPS) is 11.4. The molecule has 0 saturated carbocycles. The molecule has 0 spiro atoms. The number of benzene rings is 1. The largest absolute Gasteiger partial charge is 0.489 e. The Morgan fingerprint density at radius 3 is 2.79 bits per heavy atom. The van der Waals surface area contributed by atoms with E-state index in [4.69, 9.17) is 4.74 Å². The van der Waals surface area contributed by atoms with Crippen molar-refractivity contribution in [3.8, 4) is 5.75 Å². The summed E-state index contributed by atoms with van der Waals surface area (Å²) in [4.78, 5) is 27.5. The van der Waals surface area contributed by atoms with Gasteiger partial charge in [-0.15, -0.1) is 0 Å². The zero-order valence-corrected chi connectivity index (χ0v) is 13.7. The maximum Gasteiger partial charge on any atom is 0.307 e. The lowest BCUT2D eigenvalue weighted by Crippen LogP contribution is -2.34. The van der Waals surface area contributed by atoms with E-state index in [1.54, 1.807) is 43.6 Å². The van der Waals surface area contributed by atoms with Crippen LogP contribution in [0.1, 0.15) is 29.3 Å². The van der Waals surface area contributed by atoms with E-state index in [9.17, 15) is 9.59 Å². The van der Waals surface area contributed by atoms with Crippen molar-refractivity contribution in [2.75, 3.05) is 7.11 Å². The minimum absolute atomic E-state index is 0.124. The molecule has 0 radical (unpaired) electrons. The van der Waals surface area contributed by atoms with Gasteiger partial charge in [0.15, 0.2) is 0 Å². The number of carbonyl (C=O) groups is 2. The number of amides is 1. The fourth-order valence-corrected chi connectivity index (χ4v) is 2.07. The van der Waals surface area contributed by atoms with E-state index >= 15 is 0 Å². The second kappa shape index (κ2) is 8.67. The van der Waals surface area contributed by atoms with Gasteiger partial charge in [-0.3, -0.25) is 14.6 Å². The van der Waals surface area contributed by atoms with Crippen molar-refractivity contribution >= 4 is 11.9 Å². The Morgan fingerprint density at radius 1 is 1.25 bits per heavy atom. The number of hydrogen-bond donors (Lipinski definition) is 1. The topological polar surface area (TPSA) is 77.5 Å². The number of nitrogens with zero attached hydrogens (tertiary/aromatic N) is 1. The summed E-state index contributed by atoms with van der Waals surface area (Å²) < 4.78 is 10.3. The highest BCUT2D eigenvalue weighted by Crippen LogP contribution is 2.15. The molecular weight excluding hydrogens is 308 g/mol. The fraction of sp³-hybridized carbons (Fsp3) is 0.278. The van der Waals surface area contributed by atoms with E-state index in [1.807, 2.05) is 12.1 Å². The number of methoxy groups -OCH3 is 1. The first kappa shape index (κ1) is 17.5. The summed E-state index contributed by atoms with van der Waals surface area (Å²) in [5.74, 6) is -0.0401. The molecule has 24 heavy (non-hydrogen) atoms. The minimum atomic E-state index is -0.364. The van der Waals surface area contributed by atoms with E-state index in [1.165, 1.54) is 7.11 Å². The highest BCUT2D eigenvalue weighted by molar-refractivity contribution is 5.95. The number of aromatic nitrogens is 1. The van der Waals surface area contributed by atoms with Crippen LogP contribution < -0.4 is 10.1 Å². The number of rotatable bonds is 7. The molecule has 6 heteroatoms. The SMILES string of the molecule is COC(=O)CC(C)NC(=O)c1cccc(OCc2cccnc2)c1. The molecule has 1 heterocycles. The Morgan fingerprint density at radius 2 is 2.08 bits per heavy atom. The molecule has 1 unspecified atom stereocenters. The van der Waals surface area contributed by atoms with Gasteiger partial charge in [-0.25, -0.2) is 0 Å². The van der Waals surface area contributed by atoms with Crippen LogP contribution in [-0.4, -0.2) is 30.0 Å². The fourth-order valence-electron chi connectivity index (χ4n) is 2.07. The van der Waals surface area contributed by atoms with Crippen LogP contribution in [-0.2, 0) is 16.1 Å². The molecule has 1 N–H and O–H groups in total. The van der Waals surface area contributed by atoms with Gasteiger partial charge >= 0.3 is 5.97 Å². The summed E-state index contributed by atoms with van der Waals surface area (Å²) >= 11 is 0. The monoisotopic (exact) mass is 328 g/mol. The molecule has 0 aliphatic heterocycles. The summed E-state index contributed by atoms with van der Waals surface area (Å²) in [6, 6.07) is 10.3. The Balaban J connectivity index is 1.94. The highest BCUT2D eigenvalue weighted by atomic mass is 16.5. The van der Waals surface area contributed by atoms with Crippen LogP contribution in [0.25, 0.3) is 0 Å². The Labute approximate surface area is 140 Å². The first-order valence-corrected chi connectivity index (χ1v) is 7.58. The molecule has 0 saturated heterocycles. The molecule has 0 aliphatic rings. The third-order valence-electron chi connectivity index (χ3n) is 3.30. The summed E-state index contributed by atoms with van der Waals surface area (Å²) in [5, 5.41) is 2.76. The van der Waals surface area contributed by atoms with Crippen molar-refractivity contribution in [2.45, 2.75) is 26.0 Å². The maximum absolute atomic E-state index is 12.2. The first-order valence-electron chi connectivity index (χ1n) is 7.58. The molecule has 1 amide bonds. The van der Waals surface area contributed by atoms with E-state index in [2.05, 4.69) is 15.0 Å². The van der Waals surface area contributed by atoms with Crippen molar-refractivity contribution in [3.63, 3.8) is 0 Å². The molecule has 1 atom stereocenters. The molecule has 2 aromatic rings. The quantitative estimate of drug-likeness (QED) is 0.789. The highest BCUT2D eigenvalue weighted by Gasteiger charge is 2.14. The molecule has 0 bridgehead atoms. The van der Waals surface area contributed by atoms with E-state index in [0.29, 0.717) is 17.9 Å². The van der Waals surface area contributed by atoms with Crippen LogP contribution in [0.5, 0.6) is 5.75 Å². The lowest BCUT2D eigenvalue weighted by atomic mass is 10.1. The van der Waals surface area contributed by atoms with E-state index < -0.39 is 0 Å². The number of ether oxygens (including phenoxy) is 2. The van der Waals surface area contributed by atoms with Gasteiger partial charge in [-0.2, -0.15) is 0 Å². The van der Waals surface area contributed by atoms with Gasteiger partial charge in [0.1, 0.15) is 12.4 Å². The first-order chi connectivity index (χ1) is 11.6. The third kappa shape index (κ3) is 5.39. The van der Waals surface area contributed by atoms with Crippen molar-refractivity contribution in [3.05, 3.63) is 59.9 Å². The summed E-state index contributed by atoms with van der Waals surface area (Å²) in [5.41, 5.74) is 1.41. The average Bonchev–Trinajstić information content (AvgIpc) is 2.60. The summed E-state index contributed by atoms with van der Waals surface area (Å²) in [7, 11) is 1.32. The second-order valence-corrected chi connectivity index (χ2v) is 5.33. The van der Waals surface area contributed by atoms with Gasteiger partial charge in [-0.05, 0) is 31.2 Å². The van der Waals surface area contributed by atoms with Crippen molar-refractivity contribution in [1.29, 1.82) is 0 Å². The molecule has 126 valence electrons. The van der Waals surface area contributed by atoms with E-state index in [0.717, 1.165) is 5.56 Å². The molecule has 0 aliphatic carbocycles. The number of nitrogens with one attached hydrogen (secondary N) is 1. The van der Waals surface area contributed by atoms with Gasteiger partial charge in [0, 0.05) is 29.6 Å². The summed E-state index contributed by atoms with van der Waals surface area (Å²) in [6.45, 7) is 2.12. The van der Waals surface area contributed by atoms with E-state index in [-0.39, 0.29) is 24.3 Å². The molecule has 2 rings (SSSR count). The van der Waals surface area contributed by atoms with Gasteiger partial charge in [-0.1, -0.05) is 12.1 Å². The van der Waals surface area contributed by atoms with Crippen LogP contribution in [0.2, 0.25) is 0 Å². The van der Waals surface area contributed by atoms with Crippen LogP contribution >= 0.6 is 0 Å². The predicted molar refractivity (Wildman–Crippen MR) is 88.6 cm³/mol. The number of carbonyl (C=O) groups excluding carboxylic acids is 2. The summed E-state index contributed by atoms with van der Waals surface area (Å²) in [6.07, 6.45) is 3.55. The number of pyridine rings is 1. The molecule has 0 fully saturated rings. The smallest absolute Gasteiger partial charge is 0.307 e.